The minimum atomic E-state index is -0.381. The van der Waals surface area contributed by atoms with Gasteiger partial charge in [0.2, 0.25) is 5.91 Å². The number of piperidine rings is 1. The Hall–Kier alpha value is -3.09. The minimum Gasteiger partial charge on any atom is -0.497 e. The maximum atomic E-state index is 13.1. The third-order valence-corrected chi connectivity index (χ3v) is 5.71. The van der Waals surface area contributed by atoms with Crippen molar-refractivity contribution in [1.29, 1.82) is 0 Å². The molecule has 2 heterocycles. The molecule has 2 aromatic carbocycles. The van der Waals surface area contributed by atoms with Gasteiger partial charge in [-0.25, -0.2) is 0 Å². The van der Waals surface area contributed by atoms with Crippen LogP contribution >= 0.6 is 0 Å². The van der Waals surface area contributed by atoms with Gasteiger partial charge in [-0.1, -0.05) is 6.07 Å². The van der Waals surface area contributed by atoms with Crippen LogP contribution in [0.15, 0.2) is 42.5 Å². The van der Waals surface area contributed by atoms with Crippen LogP contribution in [0.25, 0.3) is 0 Å². The summed E-state index contributed by atoms with van der Waals surface area (Å²) in [5.74, 6) is 0.380. The van der Waals surface area contributed by atoms with Crippen molar-refractivity contribution in [2.45, 2.75) is 31.7 Å². The van der Waals surface area contributed by atoms with Crippen LogP contribution in [0.3, 0.4) is 0 Å². The second-order valence-electron chi connectivity index (χ2n) is 7.36. The lowest BCUT2D eigenvalue weighted by molar-refractivity contribution is -0.384. The first-order valence-corrected chi connectivity index (χ1v) is 9.55. The Morgan fingerprint density at radius 3 is 2.89 bits per heavy atom. The van der Waals surface area contributed by atoms with Crippen molar-refractivity contribution in [3.05, 3.63) is 58.1 Å². The highest BCUT2D eigenvalue weighted by Gasteiger charge is 2.40. The topological polar surface area (TPSA) is 84.7 Å². The standard InChI is InChI=1S/C21H23N3O4/c1-28-17-6-4-5-15(13-17)22-21(25)18-12-14-11-16(24(26)27)8-9-19(14)23-10-3-2-7-20(18)23/h4-6,8-9,11,13,18,20H,2-3,7,10,12H2,1H3,(H,22,25). The lowest BCUT2D eigenvalue weighted by Gasteiger charge is -2.45. The number of amides is 1. The Balaban J connectivity index is 1.63. The Kier molecular flexibility index (Phi) is 4.90. The molecule has 146 valence electrons. The normalized spacial score (nSPS) is 20.7. The van der Waals surface area contributed by atoms with E-state index in [2.05, 4.69) is 10.2 Å². The van der Waals surface area contributed by atoms with Crippen molar-refractivity contribution in [1.82, 2.24) is 0 Å². The van der Waals surface area contributed by atoms with Gasteiger partial charge in [0.1, 0.15) is 5.75 Å². The van der Waals surface area contributed by atoms with Crippen LogP contribution in [0, 0.1) is 16.0 Å². The number of carbonyl (C=O) groups excluding carboxylic acids is 1. The van der Waals surface area contributed by atoms with E-state index in [-0.39, 0.29) is 28.5 Å². The maximum Gasteiger partial charge on any atom is 0.269 e. The molecule has 1 amide bonds. The van der Waals surface area contributed by atoms with Gasteiger partial charge >= 0.3 is 0 Å². The van der Waals surface area contributed by atoms with Crippen molar-refractivity contribution in [3.8, 4) is 5.75 Å². The zero-order chi connectivity index (χ0) is 19.7. The summed E-state index contributed by atoms with van der Waals surface area (Å²) in [6.45, 7) is 0.873. The van der Waals surface area contributed by atoms with Crippen LogP contribution in [0.4, 0.5) is 17.1 Å². The summed E-state index contributed by atoms with van der Waals surface area (Å²) in [7, 11) is 1.59. The lowest BCUT2D eigenvalue weighted by atomic mass is 9.80. The van der Waals surface area contributed by atoms with Crippen LogP contribution in [-0.4, -0.2) is 30.5 Å². The number of nitrogens with one attached hydrogen (secondary N) is 1. The van der Waals surface area contributed by atoms with Gasteiger partial charge in [-0.05, 0) is 49.4 Å². The number of anilines is 2. The van der Waals surface area contributed by atoms with E-state index in [9.17, 15) is 14.9 Å². The van der Waals surface area contributed by atoms with Crippen LogP contribution in [0.1, 0.15) is 24.8 Å². The molecule has 2 aliphatic rings. The molecule has 0 radical (unpaired) electrons. The van der Waals surface area contributed by atoms with E-state index in [1.54, 1.807) is 25.3 Å². The van der Waals surface area contributed by atoms with E-state index in [0.29, 0.717) is 17.9 Å². The first-order valence-electron chi connectivity index (χ1n) is 9.55. The Morgan fingerprint density at radius 1 is 1.25 bits per heavy atom. The molecular weight excluding hydrogens is 358 g/mol. The number of nitrogens with zero attached hydrogens (tertiary/aromatic N) is 2. The maximum absolute atomic E-state index is 13.1. The molecule has 0 spiro atoms. The fourth-order valence-corrected chi connectivity index (χ4v) is 4.38. The summed E-state index contributed by atoms with van der Waals surface area (Å²) in [5, 5.41) is 14.2. The van der Waals surface area contributed by atoms with Gasteiger partial charge in [0.15, 0.2) is 0 Å². The summed E-state index contributed by atoms with van der Waals surface area (Å²) in [6.07, 6.45) is 3.62. The molecule has 1 saturated heterocycles. The van der Waals surface area contributed by atoms with Gasteiger partial charge in [0.25, 0.3) is 5.69 Å². The summed E-state index contributed by atoms with van der Waals surface area (Å²) in [6, 6.07) is 12.4. The van der Waals surface area contributed by atoms with Crippen LogP contribution < -0.4 is 15.0 Å². The minimum absolute atomic E-state index is 0.0534. The molecule has 2 unspecified atom stereocenters. The van der Waals surface area contributed by atoms with Gasteiger partial charge in [-0.3, -0.25) is 14.9 Å². The highest BCUT2D eigenvalue weighted by molar-refractivity contribution is 5.94. The molecule has 0 saturated carbocycles. The fraction of sp³-hybridized carbons (Fsp3) is 0.381. The second-order valence-corrected chi connectivity index (χ2v) is 7.36. The highest BCUT2D eigenvalue weighted by Crippen LogP contribution is 2.40. The lowest BCUT2D eigenvalue weighted by Crippen LogP contribution is -2.51. The number of benzene rings is 2. The molecule has 2 aliphatic heterocycles. The molecule has 28 heavy (non-hydrogen) atoms. The average molecular weight is 381 g/mol. The van der Waals surface area contributed by atoms with E-state index in [4.69, 9.17) is 4.74 Å². The van der Waals surface area contributed by atoms with Crippen LogP contribution in [0.5, 0.6) is 5.75 Å². The number of nitro groups is 1. The van der Waals surface area contributed by atoms with Crippen molar-refractivity contribution in [2.24, 2.45) is 5.92 Å². The number of methoxy groups -OCH3 is 1. The van der Waals surface area contributed by atoms with Gasteiger partial charge in [-0.15, -0.1) is 0 Å². The van der Waals surface area contributed by atoms with Gasteiger partial charge in [0.05, 0.1) is 18.0 Å². The average Bonchev–Trinajstić information content (AvgIpc) is 2.72. The molecule has 0 aliphatic carbocycles. The van der Waals surface area contributed by atoms with Crippen molar-refractivity contribution in [2.75, 3.05) is 23.9 Å². The Bertz CT molecular complexity index is 914. The number of hydrogen-bond acceptors (Lipinski definition) is 5. The number of ether oxygens (including phenoxy) is 1. The molecule has 2 aromatic rings. The van der Waals surface area contributed by atoms with E-state index in [1.165, 1.54) is 0 Å². The summed E-state index contributed by atoms with van der Waals surface area (Å²) in [4.78, 5) is 26.2. The molecule has 1 N–H and O–H groups in total. The smallest absolute Gasteiger partial charge is 0.269 e. The SMILES string of the molecule is COc1cccc(NC(=O)C2Cc3cc([N+](=O)[O-])ccc3N3CCCCC23)c1. The number of fused-ring (bicyclic) bond motifs is 3. The quantitative estimate of drug-likeness (QED) is 0.644. The Labute approximate surface area is 163 Å². The molecule has 7 heteroatoms. The third-order valence-electron chi connectivity index (χ3n) is 5.71. The van der Waals surface area contributed by atoms with Crippen LogP contribution in [0.2, 0.25) is 0 Å². The number of rotatable bonds is 4. The van der Waals surface area contributed by atoms with E-state index >= 15 is 0 Å². The van der Waals surface area contributed by atoms with Crippen LogP contribution in [-0.2, 0) is 11.2 Å². The van der Waals surface area contributed by atoms with E-state index in [1.807, 2.05) is 24.3 Å². The first kappa shape index (κ1) is 18.3. The summed E-state index contributed by atoms with van der Waals surface area (Å²) in [5.41, 5.74) is 2.66. The van der Waals surface area contributed by atoms with Crippen molar-refractivity contribution >= 4 is 23.0 Å². The van der Waals surface area contributed by atoms with Gasteiger partial charge < -0.3 is 15.0 Å². The zero-order valence-electron chi connectivity index (χ0n) is 15.8. The molecule has 4 rings (SSSR count). The molecule has 2 atom stereocenters. The number of hydrogen-bond donors (Lipinski definition) is 1. The second kappa shape index (κ2) is 7.50. The van der Waals surface area contributed by atoms with E-state index < -0.39 is 0 Å². The first-order chi connectivity index (χ1) is 13.6. The van der Waals surface area contributed by atoms with E-state index in [0.717, 1.165) is 37.1 Å². The van der Waals surface area contributed by atoms with Gasteiger partial charge in [0, 0.05) is 42.2 Å². The fourth-order valence-electron chi connectivity index (χ4n) is 4.38. The molecule has 1 fully saturated rings. The predicted octanol–water partition coefficient (Wildman–Crippen LogP) is 3.77. The molecule has 0 aromatic heterocycles. The predicted molar refractivity (Wildman–Crippen MR) is 107 cm³/mol. The zero-order valence-corrected chi connectivity index (χ0v) is 15.8. The molecule has 0 bridgehead atoms. The van der Waals surface area contributed by atoms with Crippen molar-refractivity contribution in [3.63, 3.8) is 0 Å². The number of nitro benzene ring substituents is 1. The monoisotopic (exact) mass is 381 g/mol. The number of carbonyl (C=O) groups is 1. The molecule has 7 nitrogen and oxygen atoms in total. The third kappa shape index (κ3) is 3.40. The molecular formula is C21H23N3O4. The van der Waals surface area contributed by atoms with Crippen molar-refractivity contribution < 1.29 is 14.5 Å². The number of non-ortho nitro benzene ring substituents is 1. The summed E-state index contributed by atoms with van der Waals surface area (Å²) >= 11 is 0. The summed E-state index contributed by atoms with van der Waals surface area (Å²) < 4.78 is 5.23. The Morgan fingerprint density at radius 2 is 2.11 bits per heavy atom. The van der Waals surface area contributed by atoms with Gasteiger partial charge in [-0.2, -0.15) is 0 Å². The largest absolute Gasteiger partial charge is 0.497 e. The highest BCUT2D eigenvalue weighted by atomic mass is 16.6.